The van der Waals surface area contributed by atoms with Gasteiger partial charge in [-0.05, 0) is 70.4 Å². The Kier molecular flexibility index (Phi) is 8.95. The zero-order valence-corrected chi connectivity index (χ0v) is 22.4. The Hall–Kier alpha value is -2.43. The Bertz CT molecular complexity index is 1360. The molecule has 0 fully saturated rings. The minimum atomic E-state index is -0.502. The van der Waals surface area contributed by atoms with Crippen LogP contribution < -0.4 is 10.6 Å². The summed E-state index contributed by atoms with van der Waals surface area (Å²) in [5.41, 5.74) is 1.15. The van der Waals surface area contributed by atoms with Gasteiger partial charge in [-0.25, -0.2) is 0 Å². The zero-order valence-electron chi connectivity index (χ0n) is 18.5. The molecule has 5 aromatic rings. The van der Waals surface area contributed by atoms with Crippen LogP contribution in [0.1, 0.15) is 17.9 Å². The Morgan fingerprint density at radius 2 is 1.21 bits per heavy atom. The van der Waals surface area contributed by atoms with E-state index in [-0.39, 0.29) is 5.92 Å². The molecule has 0 saturated heterocycles. The molecule has 5 rings (SSSR count). The van der Waals surface area contributed by atoms with Crippen LogP contribution in [-0.2, 0) is 20.0 Å². The normalized spacial score (nSPS) is 11.6. The van der Waals surface area contributed by atoms with Crippen molar-refractivity contribution in [3.05, 3.63) is 121 Å². The topological polar surface area (TPSA) is 23.8 Å². The molecule has 0 aromatic heterocycles. The predicted molar refractivity (Wildman–Crippen MR) is 144 cm³/mol. The van der Waals surface area contributed by atoms with Gasteiger partial charge < -0.3 is 0 Å². The first-order valence-corrected chi connectivity index (χ1v) is 15.3. The van der Waals surface area contributed by atoms with E-state index in [9.17, 15) is 5.26 Å². The van der Waals surface area contributed by atoms with Gasteiger partial charge in [0, 0.05) is 0 Å². The fraction of sp³-hybridized carbons (Fsp3) is 0.100. The second-order valence-electron chi connectivity index (χ2n) is 8.06. The van der Waals surface area contributed by atoms with Crippen LogP contribution in [0.5, 0.6) is 0 Å². The summed E-state index contributed by atoms with van der Waals surface area (Å²) in [4.78, 5) is 0. The van der Waals surface area contributed by atoms with Crippen LogP contribution in [0.25, 0.3) is 21.5 Å². The van der Waals surface area contributed by atoms with E-state index in [1.165, 1.54) is 32.2 Å². The molecule has 0 aliphatic heterocycles. The molecule has 172 valence electrons. The third-order valence-electron chi connectivity index (χ3n) is 6.09. The molecule has 0 aliphatic carbocycles. The zero-order chi connectivity index (χ0) is 23.8. The van der Waals surface area contributed by atoms with E-state index in [4.69, 9.17) is 0 Å². The van der Waals surface area contributed by atoms with Crippen LogP contribution in [0.4, 0.5) is 0 Å². The molecular weight excluding hydrogens is 638 g/mol. The van der Waals surface area contributed by atoms with E-state index >= 15 is 0 Å². The average molecular weight is 662 g/mol. The maximum absolute atomic E-state index is 10.2. The first-order valence-electron chi connectivity index (χ1n) is 11.1. The molecule has 0 saturated carbocycles. The van der Waals surface area contributed by atoms with Crippen LogP contribution in [-0.4, -0.2) is 6.16 Å². The van der Waals surface area contributed by atoms with E-state index in [1.807, 2.05) is 0 Å². The van der Waals surface area contributed by atoms with Crippen LogP contribution in [0.15, 0.2) is 115 Å². The summed E-state index contributed by atoms with van der Waals surface area (Å²) in [5, 5.41) is 17.8. The van der Waals surface area contributed by atoms with Crippen LogP contribution in [0.3, 0.4) is 0 Å². The van der Waals surface area contributed by atoms with Gasteiger partial charge >= 0.3 is 29.2 Å². The first-order chi connectivity index (χ1) is 16.8. The molecule has 0 bridgehead atoms. The second-order valence-corrected chi connectivity index (χ2v) is 10.4. The van der Waals surface area contributed by atoms with E-state index in [0.29, 0.717) is 0 Å². The number of benzene rings is 5. The molecule has 0 spiro atoms. The summed E-state index contributed by atoms with van der Waals surface area (Å²) in [6.07, 6.45) is 1.84. The monoisotopic (exact) mass is 661 g/mol. The van der Waals surface area contributed by atoms with Crippen LogP contribution in [0.2, 0.25) is 0 Å². The number of halogens is 1. The number of hydrogen-bond acceptors (Lipinski definition) is 1. The minimum absolute atomic E-state index is 0.128. The van der Waals surface area contributed by atoms with Gasteiger partial charge in [-0.15, -0.1) is 0 Å². The van der Waals surface area contributed by atoms with Crippen molar-refractivity contribution in [1.29, 1.82) is 5.26 Å². The summed E-state index contributed by atoms with van der Waals surface area (Å²) in [7, 11) is 4.08. The fourth-order valence-electron chi connectivity index (χ4n) is 4.47. The van der Waals surface area contributed by atoms with Crippen LogP contribution >= 0.6 is 17.1 Å². The molecule has 1 unspecified atom stereocenters. The van der Waals surface area contributed by atoms with Gasteiger partial charge in [0.2, 0.25) is 0 Å². The molecule has 0 amide bonds. The summed E-state index contributed by atoms with van der Waals surface area (Å²) < 4.78 is 0. The van der Waals surface area contributed by atoms with Crippen molar-refractivity contribution in [3.8, 4) is 6.07 Å². The SMILES string of the molecule is N#CC(CCP(c1ccccc1)c1ccccc1)c1cccc2cc3ccccc3cc12.[Cl][Au]. The van der Waals surface area contributed by atoms with Gasteiger partial charge in [-0.3, -0.25) is 0 Å². The van der Waals surface area contributed by atoms with Crippen molar-refractivity contribution in [3.63, 3.8) is 0 Å². The third-order valence-corrected chi connectivity index (χ3v) is 8.64. The van der Waals surface area contributed by atoms with Crippen molar-refractivity contribution in [2.75, 3.05) is 6.16 Å². The maximum atomic E-state index is 10.2. The van der Waals surface area contributed by atoms with Crippen molar-refractivity contribution < 1.29 is 20.0 Å². The van der Waals surface area contributed by atoms with Gasteiger partial charge in [-0.1, -0.05) is 103 Å². The Morgan fingerprint density at radius 1 is 0.676 bits per heavy atom. The molecule has 0 radical (unpaired) electrons. The van der Waals surface area contributed by atoms with Crippen molar-refractivity contribution in [2.24, 2.45) is 0 Å². The average Bonchev–Trinajstić information content (AvgIpc) is 2.92. The number of hydrogen-bond donors (Lipinski definition) is 0. The van der Waals surface area contributed by atoms with E-state index in [2.05, 4.69) is 131 Å². The summed E-state index contributed by atoms with van der Waals surface area (Å²) in [6, 6.07) is 43.5. The Balaban J connectivity index is 0.00000133. The van der Waals surface area contributed by atoms with Gasteiger partial charge in [0.1, 0.15) is 0 Å². The number of rotatable bonds is 6. The predicted octanol–water partition coefficient (Wildman–Crippen LogP) is 7.81. The molecule has 34 heavy (non-hydrogen) atoms. The van der Waals surface area contributed by atoms with E-state index in [1.54, 1.807) is 20.0 Å². The Labute approximate surface area is 218 Å². The Morgan fingerprint density at radius 3 is 1.79 bits per heavy atom. The molecule has 5 aromatic carbocycles. The summed E-state index contributed by atoms with van der Waals surface area (Å²) in [5.74, 6) is -0.128. The standard InChI is InChI=1S/C30H24NP.Au.ClH/c31-22-26(18-19-32(27-13-3-1-4-14-27)28-15-5-2-6-16-28)29-17-9-12-25-20-23-10-7-8-11-24(23)21-30(25)29;;/h1-17,20-21,26H,18-19H2;;1H/q;+1;/p-1. The molecule has 0 aliphatic rings. The molecule has 1 nitrogen and oxygen atoms in total. The van der Waals surface area contributed by atoms with Gasteiger partial charge in [-0.2, -0.15) is 5.26 Å². The van der Waals surface area contributed by atoms with Gasteiger partial charge in [0.15, 0.2) is 0 Å². The first kappa shape index (κ1) is 24.7. The molecular formula is C30H24AuClNP. The van der Waals surface area contributed by atoms with Crippen LogP contribution in [0, 0.1) is 11.3 Å². The molecule has 0 heterocycles. The fourth-order valence-corrected chi connectivity index (χ4v) is 6.86. The molecule has 4 heteroatoms. The van der Waals surface area contributed by atoms with Crippen molar-refractivity contribution in [2.45, 2.75) is 12.3 Å². The molecule has 0 N–H and O–H groups in total. The number of nitriles is 1. The third kappa shape index (κ3) is 5.61. The molecule has 1 atom stereocenters. The number of fused-ring (bicyclic) bond motifs is 2. The number of nitrogens with zero attached hydrogens (tertiary/aromatic N) is 1. The van der Waals surface area contributed by atoms with E-state index in [0.717, 1.165) is 18.1 Å². The van der Waals surface area contributed by atoms with Gasteiger partial charge in [0.25, 0.3) is 0 Å². The summed E-state index contributed by atoms with van der Waals surface area (Å²) >= 11 is 1.75. The van der Waals surface area contributed by atoms with Crippen molar-refractivity contribution in [1.82, 2.24) is 0 Å². The summed E-state index contributed by atoms with van der Waals surface area (Å²) in [6.45, 7) is 0. The van der Waals surface area contributed by atoms with Crippen molar-refractivity contribution >= 4 is 49.3 Å². The van der Waals surface area contributed by atoms with E-state index < -0.39 is 7.92 Å². The van der Waals surface area contributed by atoms with Gasteiger partial charge in [0.05, 0.1) is 12.0 Å². The second kappa shape index (κ2) is 12.3. The quantitative estimate of drug-likeness (QED) is 0.104.